The van der Waals surface area contributed by atoms with Gasteiger partial charge in [-0.25, -0.2) is 0 Å². The molecule has 7 heteroatoms. The number of benzene rings is 2. The Morgan fingerprint density at radius 3 is 2.31 bits per heavy atom. The number of aryl methyl sites for hydroxylation is 1. The molecule has 0 aliphatic heterocycles. The minimum absolute atomic E-state index is 0.168. The summed E-state index contributed by atoms with van der Waals surface area (Å²) in [6.07, 6.45) is 0.398. The molecule has 150 valence electrons. The van der Waals surface area contributed by atoms with E-state index in [1.165, 1.54) is 11.3 Å². The van der Waals surface area contributed by atoms with E-state index in [2.05, 4.69) is 20.8 Å². The average molecular weight is 409 g/mol. The first-order valence-corrected chi connectivity index (χ1v) is 10.3. The Morgan fingerprint density at radius 2 is 1.66 bits per heavy atom. The molecule has 0 aliphatic carbocycles. The molecule has 3 rings (SSSR count). The van der Waals surface area contributed by atoms with Crippen molar-refractivity contribution in [3.8, 4) is 10.6 Å². The zero-order valence-corrected chi connectivity index (χ0v) is 17.5. The number of carbonyl (C=O) groups excluding carboxylic acids is 2. The molecule has 2 amide bonds. The number of nitrogens with zero attached hydrogens (tertiary/aromatic N) is 2. The van der Waals surface area contributed by atoms with Crippen LogP contribution in [-0.2, 0) is 16.0 Å². The van der Waals surface area contributed by atoms with Crippen LogP contribution in [0.25, 0.3) is 10.6 Å². The maximum absolute atomic E-state index is 12.9. The van der Waals surface area contributed by atoms with Gasteiger partial charge in [-0.1, -0.05) is 85.3 Å². The van der Waals surface area contributed by atoms with E-state index in [9.17, 15) is 9.59 Å². The SMILES string of the molecule is Cc1ccc(-c2nnc(NC(=O)C(Cc3ccccc3)NC(=O)C(C)C)s2)cc1. The van der Waals surface area contributed by atoms with E-state index >= 15 is 0 Å². The molecule has 0 saturated carbocycles. The highest BCUT2D eigenvalue weighted by atomic mass is 32.1. The summed E-state index contributed by atoms with van der Waals surface area (Å²) in [5.41, 5.74) is 3.08. The van der Waals surface area contributed by atoms with Crippen LogP contribution in [0, 0.1) is 12.8 Å². The van der Waals surface area contributed by atoms with Crippen molar-refractivity contribution in [3.05, 3.63) is 65.7 Å². The molecule has 2 aromatic carbocycles. The number of hydrogen-bond acceptors (Lipinski definition) is 5. The van der Waals surface area contributed by atoms with Crippen LogP contribution in [0.3, 0.4) is 0 Å². The smallest absolute Gasteiger partial charge is 0.249 e. The number of rotatable bonds is 7. The first-order valence-electron chi connectivity index (χ1n) is 9.48. The van der Waals surface area contributed by atoms with Gasteiger partial charge in [-0.3, -0.25) is 14.9 Å². The molecule has 0 bridgehead atoms. The van der Waals surface area contributed by atoms with Crippen LogP contribution < -0.4 is 10.6 Å². The number of hydrogen-bond donors (Lipinski definition) is 2. The highest BCUT2D eigenvalue weighted by Gasteiger charge is 2.23. The quantitative estimate of drug-likeness (QED) is 0.622. The van der Waals surface area contributed by atoms with Gasteiger partial charge in [0.25, 0.3) is 0 Å². The van der Waals surface area contributed by atoms with E-state index < -0.39 is 6.04 Å². The number of anilines is 1. The summed E-state index contributed by atoms with van der Waals surface area (Å²) in [7, 11) is 0. The lowest BCUT2D eigenvalue weighted by Gasteiger charge is -2.19. The molecule has 0 radical (unpaired) electrons. The summed E-state index contributed by atoms with van der Waals surface area (Å²) >= 11 is 1.30. The number of carbonyl (C=O) groups is 2. The Labute approximate surface area is 174 Å². The van der Waals surface area contributed by atoms with Crippen LogP contribution in [0.1, 0.15) is 25.0 Å². The molecule has 1 atom stereocenters. The van der Waals surface area contributed by atoms with Gasteiger partial charge >= 0.3 is 0 Å². The van der Waals surface area contributed by atoms with Crippen LogP contribution in [0.15, 0.2) is 54.6 Å². The van der Waals surface area contributed by atoms with Crippen molar-refractivity contribution in [2.24, 2.45) is 5.92 Å². The molecular formula is C22H24N4O2S. The largest absolute Gasteiger partial charge is 0.344 e. The first kappa shape index (κ1) is 20.7. The van der Waals surface area contributed by atoms with Crippen LogP contribution >= 0.6 is 11.3 Å². The van der Waals surface area contributed by atoms with Crippen molar-refractivity contribution < 1.29 is 9.59 Å². The summed E-state index contributed by atoms with van der Waals surface area (Å²) in [5.74, 6) is -0.691. The van der Waals surface area contributed by atoms with Crippen molar-refractivity contribution in [3.63, 3.8) is 0 Å². The molecule has 3 aromatic rings. The monoisotopic (exact) mass is 408 g/mol. The summed E-state index contributed by atoms with van der Waals surface area (Å²) in [5, 5.41) is 15.0. The van der Waals surface area contributed by atoms with E-state index in [0.29, 0.717) is 11.6 Å². The van der Waals surface area contributed by atoms with E-state index in [4.69, 9.17) is 0 Å². The predicted molar refractivity (Wildman–Crippen MR) is 116 cm³/mol. The molecular weight excluding hydrogens is 384 g/mol. The van der Waals surface area contributed by atoms with Gasteiger partial charge in [0, 0.05) is 17.9 Å². The van der Waals surface area contributed by atoms with Crippen LogP contribution in [0.2, 0.25) is 0 Å². The normalized spacial score (nSPS) is 11.9. The van der Waals surface area contributed by atoms with Crippen molar-refractivity contribution in [2.45, 2.75) is 33.2 Å². The van der Waals surface area contributed by atoms with Gasteiger partial charge in [0.2, 0.25) is 16.9 Å². The van der Waals surface area contributed by atoms with Crippen LogP contribution in [0.4, 0.5) is 5.13 Å². The molecule has 0 spiro atoms. The highest BCUT2D eigenvalue weighted by molar-refractivity contribution is 7.18. The third-order valence-corrected chi connectivity index (χ3v) is 5.28. The number of amides is 2. The van der Waals surface area contributed by atoms with Gasteiger partial charge < -0.3 is 5.32 Å². The minimum atomic E-state index is -0.695. The van der Waals surface area contributed by atoms with E-state index in [1.807, 2.05) is 61.5 Å². The molecule has 0 fully saturated rings. The van der Waals surface area contributed by atoms with Gasteiger partial charge in [-0.15, -0.1) is 10.2 Å². The van der Waals surface area contributed by atoms with Gasteiger partial charge in [-0.05, 0) is 12.5 Å². The maximum Gasteiger partial charge on any atom is 0.249 e. The van der Waals surface area contributed by atoms with Crippen LogP contribution in [-0.4, -0.2) is 28.1 Å². The van der Waals surface area contributed by atoms with E-state index in [0.717, 1.165) is 21.7 Å². The lowest BCUT2D eigenvalue weighted by atomic mass is 10.0. The molecule has 0 aliphatic rings. The maximum atomic E-state index is 12.9. The molecule has 1 aromatic heterocycles. The molecule has 1 heterocycles. The molecule has 1 unspecified atom stereocenters. The van der Waals surface area contributed by atoms with Crippen molar-refractivity contribution in [1.82, 2.24) is 15.5 Å². The Morgan fingerprint density at radius 1 is 0.966 bits per heavy atom. The average Bonchev–Trinajstić information content (AvgIpc) is 3.17. The Kier molecular flexibility index (Phi) is 6.72. The second kappa shape index (κ2) is 9.43. The summed E-state index contributed by atoms with van der Waals surface area (Å²) in [4.78, 5) is 25.1. The lowest BCUT2D eigenvalue weighted by Crippen LogP contribution is -2.46. The standard InChI is InChI=1S/C22H24N4O2S/c1-14(2)19(27)23-18(13-16-7-5-4-6-8-16)20(28)24-22-26-25-21(29-22)17-11-9-15(3)10-12-17/h4-12,14,18H,13H2,1-3H3,(H,23,27)(H,24,26,28). The molecule has 2 N–H and O–H groups in total. The molecule has 0 saturated heterocycles. The lowest BCUT2D eigenvalue weighted by molar-refractivity contribution is -0.128. The fraction of sp³-hybridized carbons (Fsp3) is 0.273. The molecule has 6 nitrogen and oxygen atoms in total. The fourth-order valence-corrected chi connectivity index (χ4v) is 3.43. The van der Waals surface area contributed by atoms with Gasteiger partial charge in [0.05, 0.1) is 0 Å². The summed E-state index contributed by atoms with van der Waals surface area (Å²) in [6, 6.07) is 16.9. The second-order valence-electron chi connectivity index (χ2n) is 7.17. The summed E-state index contributed by atoms with van der Waals surface area (Å²) in [6.45, 7) is 5.62. The van der Waals surface area contributed by atoms with Crippen molar-refractivity contribution in [2.75, 3.05) is 5.32 Å². The van der Waals surface area contributed by atoms with Gasteiger partial charge in [0.1, 0.15) is 11.0 Å². The van der Waals surface area contributed by atoms with Crippen molar-refractivity contribution in [1.29, 1.82) is 0 Å². The zero-order chi connectivity index (χ0) is 20.8. The van der Waals surface area contributed by atoms with E-state index in [-0.39, 0.29) is 17.7 Å². The van der Waals surface area contributed by atoms with Gasteiger partial charge in [-0.2, -0.15) is 0 Å². The number of aromatic nitrogens is 2. The third kappa shape index (κ3) is 5.71. The summed E-state index contributed by atoms with van der Waals surface area (Å²) < 4.78 is 0. The fourth-order valence-electron chi connectivity index (χ4n) is 2.68. The van der Waals surface area contributed by atoms with E-state index in [1.54, 1.807) is 13.8 Å². The Balaban J connectivity index is 1.73. The Bertz CT molecular complexity index is 968. The first-order chi connectivity index (χ1) is 13.9. The highest BCUT2D eigenvalue weighted by Crippen LogP contribution is 2.26. The second-order valence-corrected chi connectivity index (χ2v) is 8.15. The van der Waals surface area contributed by atoms with Crippen molar-refractivity contribution >= 4 is 28.3 Å². The zero-order valence-electron chi connectivity index (χ0n) is 16.7. The minimum Gasteiger partial charge on any atom is -0.344 e. The molecule has 29 heavy (non-hydrogen) atoms. The predicted octanol–water partition coefficient (Wildman–Crippen LogP) is 3.84. The number of nitrogens with one attached hydrogen (secondary N) is 2. The van der Waals surface area contributed by atoms with Gasteiger partial charge in [0.15, 0.2) is 0 Å². The third-order valence-electron chi connectivity index (χ3n) is 4.39. The topological polar surface area (TPSA) is 84.0 Å². The van der Waals surface area contributed by atoms with Crippen LogP contribution in [0.5, 0.6) is 0 Å². The Hall–Kier alpha value is -3.06.